The van der Waals surface area contributed by atoms with E-state index < -0.39 is 31.0 Å². The number of aliphatic carboxylic acids is 1. The first kappa shape index (κ1) is 10.8. The molecule has 0 saturated carbocycles. The lowest BCUT2D eigenvalue weighted by atomic mass is 10.2. The number of rotatable bonds is 4. The van der Waals surface area contributed by atoms with Gasteiger partial charge in [0.1, 0.15) is 6.04 Å². The van der Waals surface area contributed by atoms with Crippen LogP contribution in [0.2, 0.25) is 0 Å². The second-order valence-electron chi connectivity index (χ2n) is 1.90. The van der Waals surface area contributed by atoms with E-state index in [4.69, 9.17) is 10.8 Å². The Morgan fingerprint density at radius 1 is 1.50 bits per heavy atom. The fraction of sp³-hybridized carbons (Fsp3) is 0.600. The maximum atomic E-state index is 11.3. The largest absolute Gasteiger partial charge is 0.481 e. The highest BCUT2D eigenvalue weighted by Crippen LogP contribution is 1.99. The van der Waals surface area contributed by atoms with Crippen LogP contribution in [0.3, 0.4) is 0 Å². The quantitative estimate of drug-likeness (QED) is 0.576. The molecule has 0 aliphatic carbocycles. The molecule has 70 valence electrons. The summed E-state index contributed by atoms with van der Waals surface area (Å²) in [5.41, 5.74) is 4.88. The highest BCUT2D eigenvalue weighted by atomic mass is 19.3. The minimum Gasteiger partial charge on any atom is -0.481 e. The molecule has 12 heavy (non-hydrogen) atoms. The minimum absolute atomic E-state index is 0.731. The van der Waals surface area contributed by atoms with Gasteiger partial charge in [-0.15, -0.1) is 0 Å². The van der Waals surface area contributed by atoms with Crippen molar-refractivity contribution in [1.82, 2.24) is 0 Å². The second-order valence-corrected chi connectivity index (χ2v) is 1.90. The summed E-state index contributed by atoms with van der Waals surface area (Å²) in [6.07, 6.45) is -0.731. The predicted octanol–water partition coefficient (Wildman–Crippen LogP) is -0.446. The van der Waals surface area contributed by atoms with E-state index in [0.717, 1.165) is 0 Å². The highest BCUT2D eigenvalue weighted by Gasteiger charge is 2.21. The van der Waals surface area contributed by atoms with Gasteiger partial charge in [0.15, 0.2) is 0 Å². The number of hydrogen-bond donors (Lipinski definition) is 2. The van der Waals surface area contributed by atoms with Crippen LogP contribution in [0.15, 0.2) is 0 Å². The Labute approximate surface area is 66.1 Å². The van der Waals surface area contributed by atoms with Gasteiger partial charge >= 0.3 is 18.6 Å². The Morgan fingerprint density at radius 3 is 2.33 bits per heavy atom. The van der Waals surface area contributed by atoms with Gasteiger partial charge in [0.05, 0.1) is 6.42 Å². The summed E-state index contributed by atoms with van der Waals surface area (Å²) in [6, 6.07) is -1.54. The number of nitrogens with two attached hydrogens (primary N) is 1. The van der Waals surface area contributed by atoms with Crippen molar-refractivity contribution in [3.8, 4) is 0 Å². The van der Waals surface area contributed by atoms with Gasteiger partial charge in [0.25, 0.3) is 0 Å². The smallest absolute Gasteiger partial charge is 0.389 e. The molecular formula is C5H7F2NO4. The number of carboxylic acid groups (broad SMARTS) is 1. The molecule has 0 radical (unpaired) electrons. The summed E-state index contributed by atoms with van der Waals surface area (Å²) in [7, 11) is 0. The molecule has 0 unspecified atom stereocenters. The first-order chi connectivity index (χ1) is 5.43. The summed E-state index contributed by atoms with van der Waals surface area (Å²) >= 11 is 0. The van der Waals surface area contributed by atoms with E-state index >= 15 is 0 Å². The van der Waals surface area contributed by atoms with Gasteiger partial charge in [-0.25, -0.2) is 0 Å². The third-order valence-corrected chi connectivity index (χ3v) is 0.903. The molecule has 0 aromatic heterocycles. The van der Waals surface area contributed by atoms with Gasteiger partial charge in [-0.3, -0.25) is 9.59 Å². The minimum atomic E-state index is -3.27. The maximum absolute atomic E-state index is 11.3. The molecular weight excluding hydrogens is 176 g/mol. The third kappa shape index (κ3) is 4.56. The van der Waals surface area contributed by atoms with E-state index in [1.165, 1.54) is 0 Å². The highest BCUT2D eigenvalue weighted by molar-refractivity contribution is 5.81. The number of esters is 1. The van der Waals surface area contributed by atoms with E-state index in [0.29, 0.717) is 0 Å². The van der Waals surface area contributed by atoms with Crippen LogP contribution in [0.1, 0.15) is 6.42 Å². The van der Waals surface area contributed by atoms with Gasteiger partial charge in [-0.05, 0) is 0 Å². The molecule has 0 fully saturated rings. The molecule has 0 spiro atoms. The third-order valence-electron chi connectivity index (χ3n) is 0.903. The zero-order chi connectivity index (χ0) is 9.72. The zero-order valence-electron chi connectivity index (χ0n) is 5.87. The monoisotopic (exact) mass is 183 g/mol. The number of hydrogen-bond acceptors (Lipinski definition) is 4. The number of halogens is 2. The Morgan fingerprint density at radius 2 is 2.00 bits per heavy atom. The van der Waals surface area contributed by atoms with E-state index in [1.54, 1.807) is 0 Å². The van der Waals surface area contributed by atoms with E-state index in [1.807, 2.05) is 0 Å². The summed E-state index contributed by atoms with van der Waals surface area (Å²) in [6.45, 7) is -3.27. The van der Waals surface area contributed by atoms with Gasteiger partial charge in [0.2, 0.25) is 0 Å². The van der Waals surface area contributed by atoms with Crippen LogP contribution < -0.4 is 5.73 Å². The fourth-order valence-electron chi connectivity index (χ4n) is 0.447. The Hall–Kier alpha value is -1.24. The van der Waals surface area contributed by atoms with Gasteiger partial charge in [0, 0.05) is 0 Å². The molecule has 1 atom stereocenters. The van der Waals surface area contributed by atoms with Gasteiger partial charge in [-0.2, -0.15) is 8.78 Å². The van der Waals surface area contributed by atoms with Crippen LogP contribution in [-0.4, -0.2) is 29.7 Å². The van der Waals surface area contributed by atoms with Crippen molar-refractivity contribution < 1.29 is 28.2 Å². The van der Waals surface area contributed by atoms with E-state index in [-0.39, 0.29) is 0 Å². The molecule has 0 bridgehead atoms. The maximum Gasteiger partial charge on any atom is 0.389 e. The van der Waals surface area contributed by atoms with E-state index in [2.05, 4.69) is 4.74 Å². The molecule has 5 nitrogen and oxygen atoms in total. The molecule has 0 aliphatic rings. The molecule has 0 heterocycles. The number of carboxylic acids is 1. The van der Waals surface area contributed by atoms with Crippen molar-refractivity contribution in [3.63, 3.8) is 0 Å². The van der Waals surface area contributed by atoms with Crippen molar-refractivity contribution in [2.75, 3.05) is 0 Å². The lowest BCUT2D eigenvalue weighted by Crippen LogP contribution is -2.35. The predicted molar refractivity (Wildman–Crippen MR) is 32.3 cm³/mol. The van der Waals surface area contributed by atoms with Crippen LogP contribution in [-0.2, 0) is 14.3 Å². The Kier molecular flexibility index (Phi) is 4.12. The van der Waals surface area contributed by atoms with Gasteiger partial charge in [-0.1, -0.05) is 0 Å². The topological polar surface area (TPSA) is 89.6 Å². The zero-order valence-corrected chi connectivity index (χ0v) is 5.87. The standard InChI is InChI=1S/C5H7F2NO4/c6-5(7)12-4(11)2(8)1-3(9)10/h2,5H,1,8H2,(H,9,10)/t2-/m0/s1. The normalized spacial score (nSPS) is 12.7. The summed E-state index contributed by atoms with van der Waals surface area (Å²) < 4.78 is 26.0. The SMILES string of the molecule is N[C@@H](CC(=O)O)C(=O)OC(F)F. The number of carbonyl (C=O) groups is 2. The number of ether oxygens (including phenoxy) is 1. The van der Waals surface area contributed by atoms with Crippen molar-refractivity contribution >= 4 is 11.9 Å². The second kappa shape index (κ2) is 4.60. The lowest BCUT2D eigenvalue weighted by Gasteiger charge is -2.07. The lowest BCUT2D eigenvalue weighted by molar-refractivity contribution is -0.178. The first-order valence-electron chi connectivity index (χ1n) is 2.89. The molecule has 0 aromatic rings. The average Bonchev–Trinajstić information content (AvgIpc) is 1.84. The van der Waals surface area contributed by atoms with Gasteiger partial charge < -0.3 is 15.6 Å². The van der Waals surface area contributed by atoms with Crippen LogP contribution in [0.5, 0.6) is 0 Å². The summed E-state index contributed by atoms with van der Waals surface area (Å²) in [4.78, 5) is 20.3. The average molecular weight is 183 g/mol. The van der Waals surface area contributed by atoms with Crippen LogP contribution >= 0.6 is 0 Å². The molecule has 0 aromatic carbocycles. The van der Waals surface area contributed by atoms with Crippen molar-refractivity contribution in [1.29, 1.82) is 0 Å². The molecule has 0 rings (SSSR count). The molecule has 0 aliphatic heterocycles. The van der Waals surface area contributed by atoms with Crippen molar-refractivity contribution in [2.24, 2.45) is 5.73 Å². The number of carbonyl (C=O) groups excluding carboxylic acids is 1. The molecule has 3 N–H and O–H groups in total. The van der Waals surface area contributed by atoms with Crippen molar-refractivity contribution in [3.05, 3.63) is 0 Å². The molecule has 0 saturated heterocycles. The van der Waals surface area contributed by atoms with Crippen LogP contribution in [0, 0.1) is 0 Å². The Bertz CT molecular complexity index is 184. The van der Waals surface area contributed by atoms with E-state index in [9.17, 15) is 18.4 Å². The van der Waals surface area contributed by atoms with Crippen molar-refractivity contribution in [2.45, 2.75) is 19.1 Å². The Balaban J connectivity index is 3.85. The summed E-state index contributed by atoms with van der Waals surface area (Å²) in [5.74, 6) is -2.78. The van der Waals surface area contributed by atoms with Crippen LogP contribution in [0.25, 0.3) is 0 Å². The first-order valence-corrected chi connectivity index (χ1v) is 2.89. The van der Waals surface area contributed by atoms with Crippen LogP contribution in [0.4, 0.5) is 8.78 Å². The molecule has 7 heteroatoms. The molecule has 0 amide bonds. The fourth-order valence-corrected chi connectivity index (χ4v) is 0.447. The number of alkyl halides is 2. The summed E-state index contributed by atoms with van der Waals surface area (Å²) in [5, 5.41) is 8.09.